The van der Waals surface area contributed by atoms with Crippen LogP contribution >= 0.6 is 22.9 Å². The molecule has 0 atom stereocenters. The Morgan fingerprint density at radius 3 is 2.71 bits per heavy atom. The van der Waals surface area contributed by atoms with Gasteiger partial charge in [0.15, 0.2) is 0 Å². The first kappa shape index (κ1) is 16.4. The number of halogens is 1. The lowest BCUT2D eigenvalue weighted by molar-refractivity contribution is 0.420. The van der Waals surface area contributed by atoms with Crippen molar-refractivity contribution < 1.29 is 8.42 Å². The fraction of sp³-hybridized carbons (Fsp3) is 0.357. The molecule has 0 aromatic carbocycles. The molecule has 0 unspecified atom stereocenters. The lowest BCUT2D eigenvalue weighted by atomic mass is 10.3. The maximum Gasteiger partial charge on any atom is 0.252 e. The highest BCUT2D eigenvalue weighted by atomic mass is 35.5. The molecule has 2 rings (SSSR count). The molecule has 7 heteroatoms. The molecular formula is C14H17ClN2O2S2. The molecular weight excluding hydrogens is 328 g/mol. The van der Waals surface area contributed by atoms with Gasteiger partial charge in [-0.15, -0.1) is 22.9 Å². The van der Waals surface area contributed by atoms with E-state index in [4.69, 9.17) is 11.6 Å². The highest BCUT2D eigenvalue weighted by Crippen LogP contribution is 2.26. The summed E-state index contributed by atoms with van der Waals surface area (Å²) >= 11 is 6.98. The lowest BCUT2D eigenvalue weighted by Gasteiger charge is -2.19. The summed E-state index contributed by atoms with van der Waals surface area (Å²) in [5.41, 5.74) is 0.737. The van der Waals surface area contributed by atoms with Crippen molar-refractivity contribution in [2.24, 2.45) is 0 Å². The van der Waals surface area contributed by atoms with Gasteiger partial charge in [-0.2, -0.15) is 4.31 Å². The maximum atomic E-state index is 12.7. The van der Waals surface area contributed by atoms with Crippen LogP contribution in [0.25, 0.3) is 0 Å². The predicted molar refractivity (Wildman–Crippen MR) is 86.2 cm³/mol. The van der Waals surface area contributed by atoms with Crippen LogP contribution in [0.2, 0.25) is 0 Å². The number of aromatic nitrogens is 1. The van der Waals surface area contributed by atoms with E-state index in [1.54, 1.807) is 12.3 Å². The average molecular weight is 345 g/mol. The van der Waals surface area contributed by atoms with Gasteiger partial charge in [0.1, 0.15) is 4.21 Å². The smallest absolute Gasteiger partial charge is 0.252 e. The Hall–Kier alpha value is -0.950. The van der Waals surface area contributed by atoms with Gasteiger partial charge in [0, 0.05) is 23.5 Å². The van der Waals surface area contributed by atoms with E-state index in [1.807, 2.05) is 31.2 Å². The Morgan fingerprint density at radius 2 is 2.10 bits per heavy atom. The van der Waals surface area contributed by atoms with E-state index < -0.39 is 10.0 Å². The molecule has 0 amide bonds. The van der Waals surface area contributed by atoms with Gasteiger partial charge < -0.3 is 0 Å². The SMILES string of the molecule is CCN(Cc1ccccn1)S(=O)(=O)c1ccc(CCCl)s1. The van der Waals surface area contributed by atoms with E-state index in [9.17, 15) is 8.42 Å². The topological polar surface area (TPSA) is 50.3 Å². The van der Waals surface area contributed by atoms with Gasteiger partial charge in [0.2, 0.25) is 0 Å². The van der Waals surface area contributed by atoms with Crippen LogP contribution in [0.1, 0.15) is 17.5 Å². The first-order chi connectivity index (χ1) is 10.1. The number of sulfonamides is 1. The van der Waals surface area contributed by atoms with E-state index >= 15 is 0 Å². The first-order valence-electron chi connectivity index (χ1n) is 6.62. The van der Waals surface area contributed by atoms with Crippen LogP contribution in [0, 0.1) is 0 Å². The summed E-state index contributed by atoms with van der Waals surface area (Å²) in [7, 11) is -3.48. The van der Waals surface area contributed by atoms with Crippen LogP contribution in [-0.4, -0.2) is 30.1 Å². The third kappa shape index (κ3) is 4.03. The second kappa shape index (κ2) is 7.35. The first-order valence-corrected chi connectivity index (χ1v) is 9.41. The highest BCUT2D eigenvalue weighted by molar-refractivity contribution is 7.91. The van der Waals surface area contributed by atoms with Crippen LogP contribution in [0.15, 0.2) is 40.7 Å². The third-order valence-corrected chi connectivity index (χ3v) is 6.71. The zero-order valence-electron chi connectivity index (χ0n) is 11.7. The Bertz CT molecular complexity index is 671. The number of hydrogen-bond donors (Lipinski definition) is 0. The van der Waals surface area contributed by atoms with Crippen LogP contribution in [0.5, 0.6) is 0 Å². The minimum atomic E-state index is -3.48. The number of thiophene rings is 1. The number of aryl methyl sites for hydroxylation is 1. The molecule has 0 fully saturated rings. The molecule has 21 heavy (non-hydrogen) atoms. The van der Waals surface area contributed by atoms with Crippen LogP contribution in [0.4, 0.5) is 0 Å². The van der Waals surface area contributed by atoms with Gasteiger partial charge in [-0.05, 0) is 30.7 Å². The predicted octanol–water partition coefficient (Wildman–Crippen LogP) is 3.14. The Balaban J connectivity index is 2.22. The molecule has 0 radical (unpaired) electrons. The van der Waals surface area contributed by atoms with Crippen molar-refractivity contribution in [3.63, 3.8) is 0 Å². The van der Waals surface area contributed by atoms with E-state index in [0.717, 1.165) is 10.6 Å². The van der Waals surface area contributed by atoms with E-state index in [2.05, 4.69) is 4.98 Å². The minimum Gasteiger partial charge on any atom is -0.260 e. The van der Waals surface area contributed by atoms with Crippen molar-refractivity contribution in [1.82, 2.24) is 9.29 Å². The van der Waals surface area contributed by atoms with Crippen LogP contribution < -0.4 is 0 Å². The number of rotatable bonds is 7. The standard InChI is InChI=1S/C14H17ClN2O2S2/c1-2-17(11-12-5-3-4-10-16-12)21(18,19)14-7-6-13(20-14)8-9-15/h3-7,10H,2,8-9,11H2,1H3. The van der Waals surface area contributed by atoms with Crippen LogP contribution in [-0.2, 0) is 23.0 Å². The quantitative estimate of drug-likeness (QED) is 0.725. The van der Waals surface area contributed by atoms with Crippen molar-refractivity contribution >= 4 is 33.0 Å². The van der Waals surface area contributed by atoms with Gasteiger partial charge >= 0.3 is 0 Å². The molecule has 0 saturated carbocycles. The number of nitrogens with zero attached hydrogens (tertiary/aromatic N) is 2. The van der Waals surface area contributed by atoms with Crippen molar-refractivity contribution in [3.05, 3.63) is 47.1 Å². The summed E-state index contributed by atoms with van der Waals surface area (Å²) in [6.45, 7) is 2.51. The van der Waals surface area contributed by atoms with E-state index in [-0.39, 0.29) is 6.54 Å². The van der Waals surface area contributed by atoms with E-state index in [0.29, 0.717) is 23.1 Å². The van der Waals surface area contributed by atoms with Crippen LogP contribution in [0.3, 0.4) is 0 Å². The summed E-state index contributed by atoms with van der Waals surface area (Å²) < 4.78 is 27.1. The number of pyridine rings is 1. The molecule has 4 nitrogen and oxygen atoms in total. The summed E-state index contributed by atoms with van der Waals surface area (Å²) in [6, 6.07) is 8.97. The Morgan fingerprint density at radius 1 is 1.29 bits per heavy atom. The fourth-order valence-corrected chi connectivity index (χ4v) is 5.14. The van der Waals surface area contributed by atoms with Gasteiger partial charge in [0.25, 0.3) is 10.0 Å². The van der Waals surface area contributed by atoms with Gasteiger partial charge in [-0.1, -0.05) is 13.0 Å². The summed E-state index contributed by atoms with van der Waals surface area (Å²) in [5, 5.41) is 0. The molecule has 0 spiro atoms. The molecule has 2 heterocycles. The molecule has 0 aliphatic heterocycles. The summed E-state index contributed by atoms with van der Waals surface area (Å²) in [6.07, 6.45) is 2.35. The number of hydrogen-bond acceptors (Lipinski definition) is 4. The third-order valence-electron chi connectivity index (χ3n) is 2.99. The van der Waals surface area contributed by atoms with Gasteiger partial charge in [-0.25, -0.2) is 8.42 Å². The average Bonchev–Trinajstić information content (AvgIpc) is 2.95. The zero-order chi connectivity index (χ0) is 15.3. The molecule has 2 aromatic rings. The van der Waals surface area contributed by atoms with E-state index in [1.165, 1.54) is 15.6 Å². The normalized spacial score (nSPS) is 12.0. The minimum absolute atomic E-state index is 0.280. The molecule has 0 aliphatic rings. The summed E-state index contributed by atoms with van der Waals surface area (Å²) in [5.74, 6) is 0.491. The largest absolute Gasteiger partial charge is 0.260 e. The molecule has 114 valence electrons. The second-order valence-corrected chi connectivity index (χ2v) is 8.12. The summed E-state index contributed by atoms with van der Waals surface area (Å²) in [4.78, 5) is 5.17. The second-order valence-electron chi connectivity index (χ2n) is 4.41. The van der Waals surface area contributed by atoms with Crippen molar-refractivity contribution in [2.45, 2.75) is 24.1 Å². The van der Waals surface area contributed by atoms with Gasteiger partial charge in [0.05, 0.1) is 12.2 Å². The zero-order valence-corrected chi connectivity index (χ0v) is 14.1. The molecule has 0 aliphatic carbocycles. The van der Waals surface area contributed by atoms with Gasteiger partial charge in [-0.3, -0.25) is 4.98 Å². The van der Waals surface area contributed by atoms with Crippen molar-refractivity contribution in [3.8, 4) is 0 Å². The molecule has 0 saturated heterocycles. The monoisotopic (exact) mass is 344 g/mol. The highest BCUT2D eigenvalue weighted by Gasteiger charge is 2.25. The maximum absolute atomic E-state index is 12.7. The molecule has 0 N–H and O–H groups in total. The fourth-order valence-electron chi connectivity index (χ4n) is 1.89. The van der Waals surface area contributed by atoms with Crippen molar-refractivity contribution in [2.75, 3.05) is 12.4 Å². The molecule has 2 aromatic heterocycles. The lowest BCUT2D eigenvalue weighted by Crippen LogP contribution is -2.30. The Labute approximate surface area is 134 Å². The Kier molecular flexibility index (Phi) is 5.75. The molecule has 0 bridgehead atoms. The van der Waals surface area contributed by atoms with Crippen molar-refractivity contribution in [1.29, 1.82) is 0 Å². The number of alkyl halides is 1.